The molecule has 3 N–H and O–H groups in total. The van der Waals surface area contributed by atoms with Crippen LogP contribution in [-0.2, 0) is 17.1 Å². The Labute approximate surface area is 220 Å². The van der Waals surface area contributed by atoms with Crippen molar-refractivity contribution < 1.29 is 8.42 Å². The number of anilines is 3. The standard InChI is InChI=1S/C25H29ClN8O2S/c1-14(2)18-5-6-21(34-11-16(15(34)3)13-37(27,35)36)23-19(18)9-17(10-29-23)30-22-7-8-28-25(31-22)20-12-33(4)32-24(20)26/h5-10,12,14-16H,11,13H2,1-4H3,(H2,27,35,36)(H,28,30,31)/t15-,16-/m1/s1. The quantitative estimate of drug-likeness (QED) is 0.358. The number of hydrogen-bond acceptors (Lipinski definition) is 8. The van der Waals surface area contributed by atoms with E-state index in [0.29, 0.717) is 28.9 Å². The monoisotopic (exact) mass is 540 g/mol. The maximum atomic E-state index is 11.6. The number of sulfonamides is 1. The lowest BCUT2D eigenvalue weighted by Crippen LogP contribution is -2.57. The molecular weight excluding hydrogens is 512 g/mol. The van der Waals surface area contributed by atoms with E-state index in [0.717, 1.165) is 22.3 Å². The number of halogens is 1. The van der Waals surface area contributed by atoms with E-state index in [4.69, 9.17) is 21.7 Å². The highest BCUT2D eigenvalue weighted by atomic mass is 35.5. The molecule has 0 radical (unpaired) electrons. The number of hydrogen-bond donors (Lipinski definition) is 2. The summed E-state index contributed by atoms with van der Waals surface area (Å²) in [6, 6.07) is 8.11. The Morgan fingerprint density at radius 3 is 2.68 bits per heavy atom. The number of nitrogens with two attached hydrogens (primary N) is 1. The summed E-state index contributed by atoms with van der Waals surface area (Å²) < 4.78 is 24.8. The number of nitrogens with one attached hydrogen (secondary N) is 1. The fraction of sp³-hybridized carbons (Fsp3) is 0.360. The molecule has 37 heavy (non-hydrogen) atoms. The molecule has 1 aliphatic rings. The molecule has 5 rings (SSSR count). The molecule has 4 aromatic rings. The molecule has 0 aliphatic carbocycles. The van der Waals surface area contributed by atoms with Gasteiger partial charge in [-0.25, -0.2) is 23.5 Å². The number of primary sulfonamides is 1. The van der Waals surface area contributed by atoms with Crippen LogP contribution in [0.4, 0.5) is 17.2 Å². The van der Waals surface area contributed by atoms with Gasteiger partial charge in [0.2, 0.25) is 10.0 Å². The lowest BCUT2D eigenvalue weighted by molar-refractivity contribution is 0.341. The molecule has 0 spiro atoms. The minimum absolute atomic E-state index is 0.00366. The van der Waals surface area contributed by atoms with Crippen molar-refractivity contribution in [1.82, 2.24) is 24.7 Å². The van der Waals surface area contributed by atoms with E-state index in [2.05, 4.69) is 57.3 Å². The van der Waals surface area contributed by atoms with E-state index in [-0.39, 0.29) is 23.6 Å². The average molecular weight is 541 g/mol. The van der Waals surface area contributed by atoms with Gasteiger partial charge in [0, 0.05) is 43.3 Å². The molecule has 1 fully saturated rings. The molecule has 3 aromatic heterocycles. The van der Waals surface area contributed by atoms with Crippen molar-refractivity contribution in [1.29, 1.82) is 0 Å². The van der Waals surface area contributed by atoms with Crippen LogP contribution in [0.3, 0.4) is 0 Å². The van der Waals surface area contributed by atoms with E-state index in [1.54, 1.807) is 36.4 Å². The Morgan fingerprint density at radius 1 is 1.24 bits per heavy atom. The normalized spacial score (nSPS) is 17.9. The average Bonchev–Trinajstić information content (AvgIpc) is 3.18. The summed E-state index contributed by atoms with van der Waals surface area (Å²) in [7, 11) is -1.72. The number of aromatic nitrogens is 5. The summed E-state index contributed by atoms with van der Waals surface area (Å²) in [5.74, 6) is 1.35. The third-order valence-corrected chi connectivity index (χ3v) is 7.97. The molecule has 1 aromatic carbocycles. The highest BCUT2D eigenvalue weighted by molar-refractivity contribution is 7.89. The zero-order valence-electron chi connectivity index (χ0n) is 21.1. The highest BCUT2D eigenvalue weighted by Crippen LogP contribution is 2.39. The van der Waals surface area contributed by atoms with Crippen molar-refractivity contribution in [2.75, 3.05) is 22.5 Å². The lowest BCUT2D eigenvalue weighted by Gasteiger charge is -2.48. The molecule has 0 unspecified atom stereocenters. The number of benzene rings is 1. The Kier molecular flexibility index (Phi) is 6.55. The fourth-order valence-corrected chi connectivity index (χ4v) is 6.08. The van der Waals surface area contributed by atoms with Gasteiger partial charge in [-0.1, -0.05) is 31.5 Å². The third kappa shape index (κ3) is 5.11. The zero-order valence-corrected chi connectivity index (χ0v) is 22.6. The van der Waals surface area contributed by atoms with Crippen molar-refractivity contribution in [3.05, 3.63) is 53.6 Å². The Morgan fingerprint density at radius 2 is 2.03 bits per heavy atom. The molecule has 0 saturated carbocycles. The molecular formula is C25H29ClN8O2S. The van der Waals surface area contributed by atoms with Crippen LogP contribution in [0.15, 0.2) is 42.9 Å². The van der Waals surface area contributed by atoms with Crippen LogP contribution in [-0.4, -0.2) is 51.5 Å². The summed E-state index contributed by atoms with van der Waals surface area (Å²) in [4.78, 5) is 16.0. The maximum absolute atomic E-state index is 11.6. The summed E-state index contributed by atoms with van der Waals surface area (Å²) in [5.41, 5.74) is 4.48. The van der Waals surface area contributed by atoms with Crippen molar-refractivity contribution >= 4 is 49.7 Å². The smallest absolute Gasteiger partial charge is 0.209 e. The van der Waals surface area contributed by atoms with Crippen LogP contribution >= 0.6 is 11.6 Å². The first-order valence-electron chi connectivity index (χ1n) is 12.0. The number of rotatable bonds is 7. The van der Waals surface area contributed by atoms with Gasteiger partial charge in [0.15, 0.2) is 11.0 Å². The highest BCUT2D eigenvalue weighted by Gasteiger charge is 2.38. The second-order valence-corrected chi connectivity index (χ2v) is 11.8. The summed E-state index contributed by atoms with van der Waals surface area (Å²) in [6.07, 6.45) is 5.23. The molecule has 10 nitrogen and oxygen atoms in total. The van der Waals surface area contributed by atoms with Gasteiger partial charge >= 0.3 is 0 Å². The maximum Gasteiger partial charge on any atom is 0.209 e. The van der Waals surface area contributed by atoms with Crippen molar-refractivity contribution in [2.24, 2.45) is 18.1 Å². The van der Waals surface area contributed by atoms with Gasteiger partial charge < -0.3 is 10.2 Å². The van der Waals surface area contributed by atoms with E-state index >= 15 is 0 Å². The van der Waals surface area contributed by atoms with E-state index in [1.807, 2.05) is 6.92 Å². The topological polar surface area (TPSA) is 132 Å². The first-order valence-corrected chi connectivity index (χ1v) is 14.1. The number of pyridine rings is 1. The second-order valence-electron chi connectivity index (χ2n) is 9.83. The van der Waals surface area contributed by atoms with Crippen molar-refractivity contribution in [3.8, 4) is 11.4 Å². The van der Waals surface area contributed by atoms with Gasteiger partial charge in [0.25, 0.3) is 0 Å². The Bertz CT molecular complexity index is 1590. The SMILES string of the molecule is CC(C)c1ccc(N2C[C@H](CS(N)(=O)=O)[C@H]2C)c2ncc(Nc3ccnc(-c4cn(C)nc4Cl)n3)cc12. The first-order chi connectivity index (χ1) is 17.5. The van der Waals surface area contributed by atoms with Crippen LogP contribution in [0.25, 0.3) is 22.3 Å². The molecule has 1 aliphatic heterocycles. The number of nitrogens with zero attached hydrogens (tertiary/aromatic N) is 6. The van der Waals surface area contributed by atoms with Crippen LogP contribution in [0, 0.1) is 5.92 Å². The molecule has 2 atom stereocenters. The Balaban J connectivity index is 1.47. The molecule has 12 heteroatoms. The van der Waals surface area contributed by atoms with Gasteiger partial charge in [-0.15, -0.1) is 0 Å². The predicted octanol–water partition coefficient (Wildman–Crippen LogP) is 4.06. The third-order valence-electron chi connectivity index (χ3n) is 6.80. The van der Waals surface area contributed by atoms with Crippen molar-refractivity contribution in [2.45, 2.75) is 32.7 Å². The van der Waals surface area contributed by atoms with Gasteiger partial charge in [0.1, 0.15) is 5.82 Å². The molecule has 0 amide bonds. The number of aryl methyl sites for hydroxylation is 1. The summed E-state index contributed by atoms with van der Waals surface area (Å²) in [6.45, 7) is 6.95. The van der Waals surface area contributed by atoms with Crippen molar-refractivity contribution in [3.63, 3.8) is 0 Å². The largest absolute Gasteiger partial charge is 0.366 e. The van der Waals surface area contributed by atoms with Gasteiger partial charge in [0.05, 0.1) is 34.4 Å². The summed E-state index contributed by atoms with van der Waals surface area (Å²) in [5, 5.41) is 14.1. The van der Waals surface area contributed by atoms with Gasteiger partial charge in [-0.05, 0) is 36.6 Å². The van der Waals surface area contributed by atoms with Crippen LogP contribution < -0.4 is 15.4 Å². The second kappa shape index (κ2) is 9.55. The van der Waals surface area contributed by atoms with E-state index in [1.165, 1.54) is 5.56 Å². The van der Waals surface area contributed by atoms with Gasteiger partial charge in [-0.3, -0.25) is 9.67 Å². The van der Waals surface area contributed by atoms with E-state index < -0.39 is 10.0 Å². The lowest BCUT2D eigenvalue weighted by atomic mass is 9.89. The predicted molar refractivity (Wildman–Crippen MR) is 147 cm³/mol. The summed E-state index contributed by atoms with van der Waals surface area (Å²) >= 11 is 6.23. The Hall–Kier alpha value is -3.28. The molecule has 4 heterocycles. The van der Waals surface area contributed by atoms with E-state index in [9.17, 15) is 8.42 Å². The molecule has 1 saturated heterocycles. The van der Waals surface area contributed by atoms with Crippen LogP contribution in [0.2, 0.25) is 5.15 Å². The fourth-order valence-electron chi connectivity index (χ4n) is 4.84. The number of fused-ring (bicyclic) bond motifs is 1. The molecule has 0 bridgehead atoms. The van der Waals surface area contributed by atoms with Crippen LogP contribution in [0.1, 0.15) is 32.3 Å². The van der Waals surface area contributed by atoms with Gasteiger partial charge in [-0.2, -0.15) is 5.10 Å². The van der Waals surface area contributed by atoms with Crippen LogP contribution in [0.5, 0.6) is 0 Å². The minimum atomic E-state index is -3.51. The zero-order chi connectivity index (χ0) is 26.5. The molecule has 194 valence electrons. The minimum Gasteiger partial charge on any atom is -0.366 e. The first kappa shape index (κ1) is 25.4.